The number of anilines is 1. The molecule has 2 aromatic rings. The topological polar surface area (TPSA) is 46.6 Å². The molecule has 0 radical (unpaired) electrons. The van der Waals surface area contributed by atoms with Gasteiger partial charge in [-0.15, -0.1) is 13.2 Å². The number of sulfonamides is 1. The van der Waals surface area contributed by atoms with Crippen molar-refractivity contribution in [2.24, 2.45) is 0 Å². The number of para-hydroxylation sites is 1. The van der Waals surface area contributed by atoms with Crippen LogP contribution in [0.2, 0.25) is 0 Å². The van der Waals surface area contributed by atoms with Crippen LogP contribution >= 0.6 is 0 Å². The number of hydrogen-bond donors (Lipinski definition) is 0. The van der Waals surface area contributed by atoms with Gasteiger partial charge in [0.2, 0.25) is 0 Å². The zero-order valence-corrected chi connectivity index (χ0v) is 13.3. The molecule has 1 aliphatic rings. The van der Waals surface area contributed by atoms with Gasteiger partial charge in [-0.2, -0.15) is 0 Å². The van der Waals surface area contributed by atoms with Crippen LogP contribution in [0.15, 0.2) is 53.4 Å². The number of rotatable bonds is 3. The summed E-state index contributed by atoms with van der Waals surface area (Å²) < 4.78 is 67.2. The fourth-order valence-corrected chi connectivity index (χ4v) is 4.23. The summed E-state index contributed by atoms with van der Waals surface area (Å²) >= 11 is 0. The Balaban J connectivity index is 1.92. The highest BCUT2D eigenvalue weighted by atomic mass is 32.2. The molecule has 0 spiro atoms. The summed E-state index contributed by atoms with van der Waals surface area (Å²) in [4.78, 5) is -0.0753. The van der Waals surface area contributed by atoms with Gasteiger partial charge in [0.05, 0.1) is 10.6 Å². The van der Waals surface area contributed by atoms with Crippen LogP contribution in [0.25, 0.3) is 0 Å². The highest BCUT2D eigenvalue weighted by molar-refractivity contribution is 7.92. The molecule has 0 unspecified atom stereocenters. The molecule has 0 bridgehead atoms. The lowest BCUT2D eigenvalue weighted by Crippen LogP contribution is -2.35. The highest BCUT2D eigenvalue weighted by Crippen LogP contribution is 2.32. The molecule has 0 atom stereocenters. The Kier molecular flexibility index (Phi) is 4.16. The molecule has 1 heterocycles. The minimum absolute atomic E-state index is 0.0753. The summed E-state index contributed by atoms with van der Waals surface area (Å²) in [5.41, 5.74) is 1.55. The minimum atomic E-state index is -4.81. The van der Waals surface area contributed by atoms with E-state index in [1.165, 1.54) is 4.31 Å². The van der Waals surface area contributed by atoms with Gasteiger partial charge in [0.1, 0.15) is 5.75 Å². The van der Waals surface area contributed by atoms with E-state index in [2.05, 4.69) is 4.74 Å². The zero-order chi connectivity index (χ0) is 17.4. The van der Waals surface area contributed by atoms with Crippen LogP contribution in [0.1, 0.15) is 12.0 Å². The molecule has 0 saturated heterocycles. The van der Waals surface area contributed by atoms with Gasteiger partial charge in [-0.25, -0.2) is 8.42 Å². The molecule has 0 saturated carbocycles. The predicted octanol–water partition coefficient (Wildman–Crippen LogP) is 3.73. The first kappa shape index (κ1) is 16.6. The summed E-state index contributed by atoms with van der Waals surface area (Å²) in [5, 5.41) is 0. The quantitative estimate of drug-likeness (QED) is 0.841. The highest BCUT2D eigenvalue weighted by Gasteiger charge is 2.32. The molecule has 0 fully saturated rings. The Labute approximate surface area is 137 Å². The lowest BCUT2D eigenvalue weighted by molar-refractivity contribution is -0.274. The number of hydrogen-bond acceptors (Lipinski definition) is 3. The van der Waals surface area contributed by atoms with E-state index in [0.29, 0.717) is 18.7 Å². The number of fused-ring (bicyclic) bond motifs is 1. The van der Waals surface area contributed by atoms with Gasteiger partial charge in [-0.3, -0.25) is 4.31 Å². The van der Waals surface area contributed by atoms with Gasteiger partial charge in [0.25, 0.3) is 10.0 Å². The molecule has 0 amide bonds. The third kappa shape index (κ3) is 3.33. The van der Waals surface area contributed by atoms with Gasteiger partial charge < -0.3 is 4.74 Å². The molecule has 128 valence electrons. The Morgan fingerprint density at radius 1 is 1.00 bits per heavy atom. The van der Waals surface area contributed by atoms with Crippen molar-refractivity contribution in [2.45, 2.75) is 24.1 Å². The van der Waals surface area contributed by atoms with Crippen LogP contribution in [0.5, 0.6) is 5.75 Å². The normalized spacial score (nSPS) is 15.0. The van der Waals surface area contributed by atoms with Crippen molar-refractivity contribution in [3.8, 4) is 5.75 Å². The van der Waals surface area contributed by atoms with Crippen LogP contribution in [-0.2, 0) is 16.4 Å². The van der Waals surface area contributed by atoms with Crippen LogP contribution in [0.4, 0.5) is 18.9 Å². The predicted molar refractivity (Wildman–Crippen MR) is 82.4 cm³/mol. The van der Waals surface area contributed by atoms with Crippen LogP contribution < -0.4 is 9.04 Å². The van der Waals surface area contributed by atoms with E-state index >= 15 is 0 Å². The maximum Gasteiger partial charge on any atom is 0.573 e. The third-order valence-corrected chi connectivity index (χ3v) is 5.54. The van der Waals surface area contributed by atoms with Gasteiger partial charge in [-0.1, -0.05) is 18.2 Å². The summed E-state index contributed by atoms with van der Waals surface area (Å²) in [6, 6.07) is 11.4. The second-order valence-electron chi connectivity index (χ2n) is 5.33. The number of ether oxygens (including phenoxy) is 1. The number of benzene rings is 2. The van der Waals surface area contributed by atoms with Crippen molar-refractivity contribution in [2.75, 3.05) is 10.8 Å². The van der Waals surface area contributed by atoms with Crippen LogP contribution in [0.3, 0.4) is 0 Å². The number of halogens is 3. The SMILES string of the molecule is O=S(=O)(c1ccc(OC(F)(F)F)cc1)N1CCCc2ccccc21. The standard InChI is InChI=1S/C16H14F3NO3S/c17-16(18,19)23-13-7-9-14(10-8-13)24(21,22)20-11-3-5-12-4-1-2-6-15(12)20/h1-2,4,6-10H,3,5,11H2. The maximum absolute atomic E-state index is 12.8. The Bertz CT molecular complexity index is 832. The van der Waals surface area contributed by atoms with Gasteiger partial charge in [-0.05, 0) is 48.7 Å². The van der Waals surface area contributed by atoms with Crippen molar-refractivity contribution in [3.05, 3.63) is 54.1 Å². The summed E-state index contributed by atoms with van der Waals surface area (Å²) in [5.74, 6) is -0.458. The molecular weight excluding hydrogens is 343 g/mol. The summed E-state index contributed by atoms with van der Waals surface area (Å²) in [6.45, 7) is 0.333. The van der Waals surface area contributed by atoms with E-state index in [0.717, 1.165) is 36.2 Å². The first-order chi connectivity index (χ1) is 11.3. The first-order valence-electron chi connectivity index (χ1n) is 7.24. The Hall–Kier alpha value is -2.22. The largest absolute Gasteiger partial charge is 0.573 e. The number of alkyl halides is 3. The summed E-state index contributed by atoms with van der Waals surface area (Å²) in [6.07, 6.45) is -3.34. The van der Waals surface area contributed by atoms with E-state index in [-0.39, 0.29) is 4.90 Å². The van der Waals surface area contributed by atoms with E-state index in [4.69, 9.17) is 0 Å². The van der Waals surface area contributed by atoms with Crippen molar-refractivity contribution in [1.29, 1.82) is 0 Å². The minimum Gasteiger partial charge on any atom is -0.406 e. The molecule has 0 N–H and O–H groups in total. The number of nitrogens with zero attached hydrogens (tertiary/aromatic N) is 1. The smallest absolute Gasteiger partial charge is 0.406 e. The molecule has 0 aliphatic carbocycles. The fourth-order valence-electron chi connectivity index (χ4n) is 2.69. The van der Waals surface area contributed by atoms with E-state index < -0.39 is 22.1 Å². The van der Waals surface area contributed by atoms with Crippen molar-refractivity contribution in [1.82, 2.24) is 0 Å². The Morgan fingerprint density at radius 3 is 2.33 bits per heavy atom. The van der Waals surface area contributed by atoms with Gasteiger partial charge >= 0.3 is 6.36 Å². The Morgan fingerprint density at radius 2 is 1.67 bits per heavy atom. The average molecular weight is 357 g/mol. The average Bonchev–Trinajstić information content (AvgIpc) is 2.53. The van der Waals surface area contributed by atoms with Crippen LogP contribution in [0, 0.1) is 0 Å². The van der Waals surface area contributed by atoms with Crippen molar-refractivity contribution >= 4 is 15.7 Å². The van der Waals surface area contributed by atoms with Crippen molar-refractivity contribution in [3.63, 3.8) is 0 Å². The van der Waals surface area contributed by atoms with E-state index in [1.807, 2.05) is 12.1 Å². The molecule has 24 heavy (non-hydrogen) atoms. The maximum atomic E-state index is 12.8. The zero-order valence-electron chi connectivity index (χ0n) is 12.5. The van der Waals surface area contributed by atoms with Crippen molar-refractivity contribution < 1.29 is 26.3 Å². The molecule has 0 aromatic heterocycles. The second kappa shape index (κ2) is 6.01. The lowest BCUT2D eigenvalue weighted by atomic mass is 10.0. The van der Waals surface area contributed by atoms with E-state index in [9.17, 15) is 21.6 Å². The van der Waals surface area contributed by atoms with Gasteiger partial charge in [0.15, 0.2) is 0 Å². The molecule has 8 heteroatoms. The molecular formula is C16H14F3NO3S. The first-order valence-corrected chi connectivity index (χ1v) is 8.68. The fraction of sp³-hybridized carbons (Fsp3) is 0.250. The van der Waals surface area contributed by atoms with Crippen LogP contribution in [-0.4, -0.2) is 21.3 Å². The monoisotopic (exact) mass is 357 g/mol. The molecule has 2 aromatic carbocycles. The lowest BCUT2D eigenvalue weighted by Gasteiger charge is -2.30. The number of aryl methyl sites for hydroxylation is 1. The third-order valence-electron chi connectivity index (χ3n) is 3.71. The van der Waals surface area contributed by atoms with E-state index in [1.54, 1.807) is 12.1 Å². The van der Waals surface area contributed by atoms with Gasteiger partial charge in [0, 0.05) is 6.54 Å². The molecule has 1 aliphatic heterocycles. The summed E-state index contributed by atoms with van der Waals surface area (Å²) in [7, 11) is -3.84. The molecule has 3 rings (SSSR count). The molecule has 4 nitrogen and oxygen atoms in total. The second-order valence-corrected chi connectivity index (χ2v) is 7.19.